The van der Waals surface area contributed by atoms with Crippen molar-refractivity contribution in [3.05, 3.63) is 192 Å². The molecule has 7 rings (SSSR count). The number of benzene rings is 6. The molecule has 1 aliphatic rings. The molecule has 0 unspecified atom stereocenters. The molecule has 0 N–H and O–H groups in total. The monoisotopic (exact) mass is 604 g/mol. The van der Waals surface area contributed by atoms with Gasteiger partial charge in [0, 0.05) is 5.41 Å². The molecule has 0 heterocycles. The van der Waals surface area contributed by atoms with Crippen LogP contribution in [0.15, 0.2) is 164 Å². The highest BCUT2D eigenvalue weighted by Gasteiger charge is 2.35. The molecule has 228 valence electrons. The molecule has 0 spiro atoms. The van der Waals surface area contributed by atoms with Crippen LogP contribution in [-0.2, 0) is 11.8 Å². The molecule has 0 saturated carbocycles. The Morgan fingerprint density at radius 2 is 1.04 bits per heavy atom. The summed E-state index contributed by atoms with van der Waals surface area (Å²) in [5.41, 5.74) is 16.7. The lowest BCUT2D eigenvalue weighted by molar-refractivity contribution is 0.660. The molecule has 6 aromatic rings. The van der Waals surface area contributed by atoms with E-state index in [1.807, 2.05) is 6.92 Å². The minimum atomic E-state index is -0.0610. The van der Waals surface area contributed by atoms with Crippen LogP contribution in [-0.4, -0.2) is 0 Å². The fourth-order valence-corrected chi connectivity index (χ4v) is 6.82. The fourth-order valence-electron chi connectivity index (χ4n) is 6.82. The Kier molecular flexibility index (Phi) is 8.42. The van der Waals surface area contributed by atoms with Crippen molar-refractivity contribution in [2.75, 3.05) is 0 Å². The third kappa shape index (κ3) is 6.33. The molecule has 1 aliphatic carbocycles. The first-order valence-corrected chi connectivity index (χ1v) is 16.6. The van der Waals surface area contributed by atoms with Crippen LogP contribution in [0.2, 0.25) is 0 Å². The van der Waals surface area contributed by atoms with E-state index in [0.29, 0.717) is 0 Å². The molecule has 47 heavy (non-hydrogen) atoms. The van der Waals surface area contributed by atoms with Gasteiger partial charge in [-0.2, -0.15) is 0 Å². The van der Waals surface area contributed by atoms with E-state index < -0.39 is 0 Å². The van der Waals surface area contributed by atoms with Gasteiger partial charge in [0.25, 0.3) is 0 Å². The first-order chi connectivity index (χ1) is 23.0. The van der Waals surface area contributed by atoms with Gasteiger partial charge >= 0.3 is 0 Å². The van der Waals surface area contributed by atoms with E-state index >= 15 is 0 Å². The Hall–Kier alpha value is -5.46. The highest BCUT2D eigenvalue weighted by atomic mass is 14.4. The second-order valence-corrected chi connectivity index (χ2v) is 13.0. The Morgan fingerprint density at radius 3 is 1.79 bits per heavy atom. The van der Waals surface area contributed by atoms with Crippen LogP contribution in [0.4, 0.5) is 0 Å². The molecular formula is C47H40. The van der Waals surface area contributed by atoms with Gasteiger partial charge in [-0.15, -0.1) is 0 Å². The molecule has 0 amide bonds. The Bertz CT molecular complexity index is 2120. The normalized spacial score (nSPS) is 13.4. The maximum atomic E-state index is 2.41. The number of hydrogen-bond donors (Lipinski definition) is 0. The summed E-state index contributed by atoms with van der Waals surface area (Å²) in [7, 11) is 0. The molecule has 0 heteroatoms. The second-order valence-electron chi connectivity index (χ2n) is 13.0. The van der Waals surface area contributed by atoms with Crippen molar-refractivity contribution < 1.29 is 0 Å². The average molecular weight is 605 g/mol. The van der Waals surface area contributed by atoms with E-state index in [0.717, 1.165) is 6.42 Å². The number of rotatable bonds is 8. The van der Waals surface area contributed by atoms with Gasteiger partial charge in [0.2, 0.25) is 0 Å². The first kappa shape index (κ1) is 30.2. The van der Waals surface area contributed by atoms with Crippen molar-refractivity contribution in [3.63, 3.8) is 0 Å². The lowest BCUT2D eigenvalue weighted by Gasteiger charge is -2.22. The predicted molar refractivity (Wildman–Crippen MR) is 203 cm³/mol. The van der Waals surface area contributed by atoms with E-state index in [1.54, 1.807) is 0 Å². The third-order valence-corrected chi connectivity index (χ3v) is 9.43. The van der Waals surface area contributed by atoms with E-state index in [2.05, 4.69) is 190 Å². The number of fused-ring (bicyclic) bond motifs is 3. The van der Waals surface area contributed by atoms with Gasteiger partial charge in [-0.05, 0) is 97.8 Å². The third-order valence-electron chi connectivity index (χ3n) is 9.43. The second kappa shape index (κ2) is 13.1. The predicted octanol–water partition coefficient (Wildman–Crippen LogP) is 12.8. The summed E-state index contributed by atoms with van der Waals surface area (Å²) in [6.45, 7) is 6.76. The zero-order valence-corrected chi connectivity index (χ0v) is 27.5. The summed E-state index contributed by atoms with van der Waals surface area (Å²) in [4.78, 5) is 0. The fraction of sp³-hybridized carbons (Fsp3) is 0.106. The Morgan fingerprint density at radius 1 is 0.468 bits per heavy atom. The van der Waals surface area contributed by atoms with Crippen molar-refractivity contribution in [2.24, 2.45) is 0 Å². The summed E-state index contributed by atoms with van der Waals surface area (Å²) in [6, 6.07) is 51.2. The van der Waals surface area contributed by atoms with Crippen LogP contribution < -0.4 is 0 Å². The van der Waals surface area contributed by atoms with Crippen LogP contribution in [0.3, 0.4) is 0 Å². The summed E-state index contributed by atoms with van der Waals surface area (Å²) >= 11 is 0. The molecule has 0 fully saturated rings. The van der Waals surface area contributed by atoms with Gasteiger partial charge in [-0.1, -0.05) is 178 Å². The molecule has 0 bridgehead atoms. The van der Waals surface area contributed by atoms with Gasteiger partial charge < -0.3 is 0 Å². The van der Waals surface area contributed by atoms with Gasteiger partial charge in [0.15, 0.2) is 0 Å². The molecule has 0 atom stereocenters. The molecule has 0 aromatic heterocycles. The average Bonchev–Trinajstić information content (AvgIpc) is 3.34. The molecule has 0 aliphatic heterocycles. The Labute approximate surface area is 280 Å². The van der Waals surface area contributed by atoms with E-state index in [9.17, 15) is 0 Å². The van der Waals surface area contributed by atoms with E-state index in [-0.39, 0.29) is 5.41 Å². The minimum Gasteiger partial charge on any atom is -0.0877 e. The topological polar surface area (TPSA) is 0 Å². The zero-order valence-electron chi connectivity index (χ0n) is 27.5. The minimum absolute atomic E-state index is 0.0610. The summed E-state index contributed by atoms with van der Waals surface area (Å²) in [5, 5.41) is 0. The van der Waals surface area contributed by atoms with Gasteiger partial charge in [-0.25, -0.2) is 0 Å². The zero-order chi connectivity index (χ0) is 32.2. The van der Waals surface area contributed by atoms with Crippen LogP contribution in [0.5, 0.6) is 0 Å². The summed E-state index contributed by atoms with van der Waals surface area (Å²) < 4.78 is 0. The summed E-state index contributed by atoms with van der Waals surface area (Å²) in [6.07, 6.45) is 13.8. The Balaban J connectivity index is 1.09. The SMILES string of the molecule is C/C=C\C=C/c1ccc2c(c1)C(C)(C)c1cc(-c3cccc(-c4cccc(C/C=C/c5ccc(-c6ccccc6)cc5)c4)c3)ccc1-2. The largest absolute Gasteiger partial charge is 0.0877 e. The van der Waals surface area contributed by atoms with E-state index in [1.165, 1.54) is 72.3 Å². The van der Waals surface area contributed by atoms with Crippen molar-refractivity contribution in [1.82, 2.24) is 0 Å². The lowest BCUT2D eigenvalue weighted by atomic mass is 9.81. The van der Waals surface area contributed by atoms with Crippen molar-refractivity contribution in [1.29, 1.82) is 0 Å². The van der Waals surface area contributed by atoms with Crippen LogP contribution in [0.25, 0.3) is 56.7 Å². The molecule has 6 aromatic carbocycles. The highest BCUT2D eigenvalue weighted by Crippen LogP contribution is 2.50. The highest BCUT2D eigenvalue weighted by molar-refractivity contribution is 5.85. The quantitative estimate of drug-likeness (QED) is 0.152. The summed E-state index contributed by atoms with van der Waals surface area (Å²) in [5.74, 6) is 0. The number of allylic oxidation sites excluding steroid dienone is 4. The van der Waals surface area contributed by atoms with Crippen molar-refractivity contribution >= 4 is 12.2 Å². The maximum Gasteiger partial charge on any atom is 0.0159 e. The van der Waals surface area contributed by atoms with Crippen LogP contribution >= 0.6 is 0 Å². The molecule has 0 radical (unpaired) electrons. The smallest absolute Gasteiger partial charge is 0.0159 e. The standard InChI is InChI=1S/C47H40/c1-4-5-7-13-36-24-28-43-44-29-27-42(33-46(44)47(2,3)45(43)31-36)41-21-12-20-40(32-41)39-19-11-16-35(30-39)15-10-14-34-22-25-38(26-23-34)37-17-8-6-9-18-37/h4-14,16-33H,15H2,1-3H3/b5-4-,13-7-,14-10+. The van der Waals surface area contributed by atoms with Crippen molar-refractivity contribution in [3.8, 4) is 44.5 Å². The van der Waals surface area contributed by atoms with E-state index in [4.69, 9.17) is 0 Å². The lowest BCUT2D eigenvalue weighted by Crippen LogP contribution is -2.15. The van der Waals surface area contributed by atoms with Gasteiger partial charge in [-0.3, -0.25) is 0 Å². The van der Waals surface area contributed by atoms with Crippen LogP contribution in [0, 0.1) is 0 Å². The molecular weight excluding hydrogens is 565 g/mol. The van der Waals surface area contributed by atoms with Gasteiger partial charge in [0.1, 0.15) is 0 Å². The molecule has 0 nitrogen and oxygen atoms in total. The van der Waals surface area contributed by atoms with Crippen LogP contribution in [0.1, 0.15) is 48.6 Å². The van der Waals surface area contributed by atoms with Gasteiger partial charge in [0.05, 0.1) is 0 Å². The molecule has 0 saturated heterocycles. The van der Waals surface area contributed by atoms with Crippen molar-refractivity contribution in [2.45, 2.75) is 32.6 Å². The number of hydrogen-bond acceptors (Lipinski definition) is 0. The first-order valence-electron chi connectivity index (χ1n) is 16.6. The maximum absolute atomic E-state index is 2.41.